The molecule has 17 heavy (non-hydrogen) atoms. The van der Waals surface area contributed by atoms with E-state index in [0.29, 0.717) is 5.92 Å². The minimum absolute atomic E-state index is 0.271. The number of hydrogen-bond acceptors (Lipinski definition) is 1. The van der Waals surface area contributed by atoms with Crippen LogP contribution in [-0.2, 0) is 12.8 Å². The van der Waals surface area contributed by atoms with Crippen molar-refractivity contribution in [2.75, 3.05) is 0 Å². The van der Waals surface area contributed by atoms with E-state index < -0.39 is 0 Å². The summed E-state index contributed by atoms with van der Waals surface area (Å²) in [7, 11) is 0. The van der Waals surface area contributed by atoms with Gasteiger partial charge < -0.3 is 5.73 Å². The molecule has 0 aliphatic rings. The molecule has 0 bridgehead atoms. The molecule has 0 aliphatic carbocycles. The van der Waals surface area contributed by atoms with Crippen molar-refractivity contribution in [3.05, 3.63) is 33.3 Å². The number of nitrogens with two attached hydrogens (primary N) is 1. The summed E-state index contributed by atoms with van der Waals surface area (Å²) < 4.78 is 0. The summed E-state index contributed by atoms with van der Waals surface area (Å²) in [5.74, 6) is 0.570. The van der Waals surface area contributed by atoms with Crippen LogP contribution in [0.1, 0.15) is 38.8 Å². The van der Waals surface area contributed by atoms with Crippen molar-refractivity contribution in [2.45, 2.75) is 46.1 Å². The molecule has 0 atom stereocenters. The molecule has 0 spiro atoms. The molecule has 0 unspecified atom stereocenters. The predicted octanol–water partition coefficient (Wildman–Crippen LogP) is 4.47. The Morgan fingerprint density at radius 3 is 2.06 bits per heavy atom. The van der Waals surface area contributed by atoms with Gasteiger partial charge in [-0.25, -0.2) is 0 Å². The van der Waals surface area contributed by atoms with Crippen molar-refractivity contribution in [1.82, 2.24) is 0 Å². The van der Waals surface area contributed by atoms with Gasteiger partial charge in [-0.05, 0) is 55.9 Å². The van der Waals surface area contributed by atoms with Crippen LogP contribution in [0.3, 0.4) is 0 Å². The highest BCUT2D eigenvalue weighted by atomic mass is 35.5. The molecule has 0 amide bonds. The average molecular weight is 274 g/mol. The standard InChI is InChI=1S/C14H21Cl2N/c1-9(2)5-10-6-13(16)11(7-12(10)15)8-14(3,4)17/h6-7,9H,5,8,17H2,1-4H3. The van der Waals surface area contributed by atoms with Gasteiger partial charge in [-0.3, -0.25) is 0 Å². The average Bonchev–Trinajstić information content (AvgIpc) is 2.10. The first-order valence-corrected chi connectivity index (χ1v) is 6.70. The van der Waals surface area contributed by atoms with Gasteiger partial charge in [-0.2, -0.15) is 0 Å². The third kappa shape index (κ3) is 4.87. The molecular formula is C14H21Cl2N. The molecule has 0 heterocycles. The monoisotopic (exact) mass is 273 g/mol. The predicted molar refractivity (Wildman–Crippen MR) is 77.0 cm³/mol. The quantitative estimate of drug-likeness (QED) is 0.861. The van der Waals surface area contributed by atoms with Crippen molar-refractivity contribution in [3.8, 4) is 0 Å². The molecule has 1 aromatic rings. The first-order valence-electron chi connectivity index (χ1n) is 5.94. The first-order chi connectivity index (χ1) is 7.69. The third-order valence-corrected chi connectivity index (χ3v) is 3.19. The SMILES string of the molecule is CC(C)Cc1cc(Cl)c(CC(C)(C)N)cc1Cl. The van der Waals surface area contributed by atoms with Crippen molar-refractivity contribution >= 4 is 23.2 Å². The molecule has 0 radical (unpaired) electrons. The highest BCUT2D eigenvalue weighted by Gasteiger charge is 2.16. The van der Waals surface area contributed by atoms with Gasteiger partial charge >= 0.3 is 0 Å². The number of benzene rings is 1. The Kier molecular flexibility index (Phi) is 4.88. The Bertz CT molecular complexity index is 392. The molecule has 0 aliphatic heterocycles. The van der Waals surface area contributed by atoms with Crippen LogP contribution >= 0.6 is 23.2 Å². The summed E-state index contributed by atoms with van der Waals surface area (Å²) in [5.41, 5.74) is 7.87. The molecule has 2 N–H and O–H groups in total. The zero-order chi connectivity index (χ0) is 13.2. The molecule has 0 saturated carbocycles. The van der Waals surface area contributed by atoms with E-state index in [2.05, 4.69) is 13.8 Å². The van der Waals surface area contributed by atoms with E-state index in [-0.39, 0.29) is 5.54 Å². The molecule has 96 valence electrons. The van der Waals surface area contributed by atoms with E-state index >= 15 is 0 Å². The Morgan fingerprint density at radius 2 is 1.59 bits per heavy atom. The van der Waals surface area contributed by atoms with E-state index in [1.165, 1.54) is 0 Å². The van der Waals surface area contributed by atoms with Crippen LogP contribution in [0.15, 0.2) is 12.1 Å². The minimum Gasteiger partial charge on any atom is -0.325 e. The Morgan fingerprint density at radius 1 is 1.12 bits per heavy atom. The fourth-order valence-electron chi connectivity index (χ4n) is 1.85. The van der Waals surface area contributed by atoms with Gasteiger partial charge in [0, 0.05) is 15.6 Å². The lowest BCUT2D eigenvalue weighted by Crippen LogP contribution is -2.34. The van der Waals surface area contributed by atoms with Gasteiger partial charge in [0.2, 0.25) is 0 Å². The van der Waals surface area contributed by atoms with E-state index in [0.717, 1.165) is 34.0 Å². The highest BCUT2D eigenvalue weighted by molar-refractivity contribution is 6.34. The van der Waals surface area contributed by atoms with Crippen molar-refractivity contribution in [1.29, 1.82) is 0 Å². The summed E-state index contributed by atoms with van der Waals surface area (Å²) in [6, 6.07) is 3.93. The van der Waals surface area contributed by atoms with Crippen LogP contribution in [0.25, 0.3) is 0 Å². The molecule has 1 nitrogen and oxygen atoms in total. The fraction of sp³-hybridized carbons (Fsp3) is 0.571. The maximum Gasteiger partial charge on any atom is 0.0442 e. The second kappa shape index (κ2) is 5.60. The Hall–Kier alpha value is -0.240. The second-order valence-electron chi connectivity index (χ2n) is 5.80. The summed E-state index contributed by atoms with van der Waals surface area (Å²) in [5, 5.41) is 1.56. The summed E-state index contributed by atoms with van der Waals surface area (Å²) in [6.07, 6.45) is 1.68. The van der Waals surface area contributed by atoms with Crippen LogP contribution in [0.5, 0.6) is 0 Å². The van der Waals surface area contributed by atoms with Crippen molar-refractivity contribution in [3.63, 3.8) is 0 Å². The van der Waals surface area contributed by atoms with Crippen LogP contribution in [0.4, 0.5) is 0 Å². The lowest BCUT2D eigenvalue weighted by atomic mass is 9.94. The molecule has 3 heteroatoms. The Labute approximate surface area is 114 Å². The number of rotatable bonds is 4. The van der Waals surface area contributed by atoms with Gasteiger partial charge in [0.15, 0.2) is 0 Å². The topological polar surface area (TPSA) is 26.0 Å². The second-order valence-corrected chi connectivity index (χ2v) is 6.61. The largest absolute Gasteiger partial charge is 0.325 e. The Balaban J connectivity index is 3.01. The van der Waals surface area contributed by atoms with E-state index in [4.69, 9.17) is 28.9 Å². The minimum atomic E-state index is -0.271. The van der Waals surface area contributed by atoms with Gasteiger partial charge in [-0.15, -0.1) is 0 Å². The van der Waals surface area contributed by atoms with Gasteiger partial charge in [0.25, 0.3) is 0 Å². The molecule has 0 saturated heterocycles. The molecule has 1 aromatic carbocycles. The third-order valence-electron chi connectivity index (χ3n) is 2.49. The lowest BCUT2D eigenvalue weighted by molar-refractivity contribution is 0.516. The molecule has 0 fully saturated rings. The maximum atomic E-state index is 6.28. The zero-order valence-electron chi connectivity index (χ0n) is 11.0. The molecular weight excluding hydrogens is 253 g/mol. The number of hydrogen-bond donors (Lipinski definition) is 1. The van der Waals surface area contributed by atoms with Gasteiger partial charge in [-0.1, -0.05) is 37.0 Å². The molecule has 1 rings (SSSR count). The lowest BCUT2D eigenvalue weighted by Gasteiger charge is -2.20. The zero-order valence-corrected chi connectivity index (χ0v) is 12.5. The van der Waals surface area contributed by atoms with E-state index in [1.807, 2.05) is 26.0 Å². The van der Waals surface area contributed by atoms with Crippen molar-refractivity contribution < 1.29 is 0 Å². The summed E-state index contributed by atoms with van der Waals surface area (Å²) in [6.45, 7) is 8.31. The van der Waals surface area contributed by atoms with E-state index in [1.54, 1.807) is 0 Å². The normalized spacial score (nSPS) is 12.2. The smallest absolute Gasteiger partial charge is 0.0442 e. The van der Waals surface area contributed by atoms with E-state index in [9.17, 15) is 0 Å². The highest BCUT2D eigenvalue weighted by Crippen LogP contribution is 2.29. The first kappa shape index (κ1) is 14.8. The summed E-state index contributed by atoms with van der Waals surface area (Å²) >= 11 is 12.6. The van der Waals surface area contributed by atoms with Crippen LogP contribution in [-0.4, -0.2) is 5.54 Å². The number of halogens is 2. The molecule has 0 aromatic heterocycles. The van der Waals surface area contributed by atoms with Crippen LogP contribution in [0.2, 0.25) is 10.0 Å². The van der Waals surface area contributed by atoms with Gasteiger partial charge in [0.05, 0.1) is 0 Å². The summed E-state index contributed by atoms with van der Waals surface area (Å²) in [4.78, 5) is 0. The van der Waals surface area contributed by atoms with Crippen LogP contribution in [0, 0.1) is 5.92 Å². The van der Waals surface area contributed by atoms with Crippen LogP contribution < -0.4 is 5.73 Å². The fourth-order valence-corrected chi connectivity index (χ4v) is 2.37. The maximum absolute atomic E-state index is 6.28. The van der Waals surface area contributed by atoms with Gasteiger partial charge in [0.1, 0.15) is 0 Å². The van der Waals surface area contributed by atoms with Crippen molar-refractivity contribution in [2.24, 2.45) is 11.7 Å².